The van der Waals surface area contributed by atoms with E-state index in [1.807, 2.05) is 42.5 Å². The molecule has 1 heteroatoms. The Kier molecular flexibility index (Phi) is 3.03. The van der Waals surface area contributed by atoms with E-state index in [4.69, 9.17) is 5.26 Å². The summed E-state index contributed by atoms with van der Waals surface area (Å²) in [5.41, 5.74) is 3.08. The summed E-state index contributed by atoms with van der Waals surface area (Å²) in [4.78, 5) is 0. The van der Waals surface area contributed by atoms with Gasteiger partial charge in [0.05, 0.1) is 11.6 Å². The lowest BCUT2D eigenvalue weighted by Gasteiger charge is -2.11. The Bertz CT molecular complexity index is 491. The Labute approximate surface area is 96.0 Å². The average molecular weight is 206 g/mol. The highest BCUT2D eigenvalue weighted by molar-refractivity contribution is 5.36. The summed E-state index contributed by atoms with van der Waals surface area (Å²) < 4.78 is 0. The minimum atomic E-state index is 0.314. The van der Waals surface area contributed by atoms with Crippen LogP contribution in [-0.4, -0.2) is 0 Å². The topological polar surface area (TPSA) is 23.8 Å². The maximum Gasteiger partial charge on any atom is 0.0991 e. The van der Waals surface area contributed by atoms with E-state index in [-0.39, 0.29) is 0 Å². The van der Waals surface area contributed by atoms with Crippen molar-refractivity contribution in [3.63, 3.8) is 0 Å². The molecule has 0 saturated heterocycles. The first kappa shape index (κ1) is 10.4. The van der Waals surface area contributed by atoms with E-state index in [0.717, 1.165) is 0 Å². The fourth-order valence-electron chi connectivity index (χ4n) is 1.70. The molecule has 0 heterocycles. The number of nitriles is 1. The third kappa shape index (κ3) is 2.12. The Balaban J connectivity index is 2.28. The molecule has 16 heavy (non-hydrogen) atoms. The standard InChI is InChI=1S/C15H12N/c1-12(14-5-3-2-4-6-14)15-9-7-13(11-16)8-10-15/h2-5,7-10,12H,1H3. The minimum Gasteiger partial charge on any atom is -0.192 e. The van der Waals surface area contributed by atoms with E-state index in [2.05, 4.69) is 25.1 Å². The molecule has 1 unspecified atom stereocenters. The fourth-order valence-corrected chi connectivity index (χ4v) is 1.70. The van der Waals surface area contributed by atoms with Crippen LogP contribution in [0.25, 0.3) is 0 Å². The van der Waals surface area contributed by atoms with Crippen LogP contribution < -0.4 is 0 Å². The van der Waals surface area contributed by atoms with Crippen molar-refractivity contribution >= 4 is 0 Å². The van der Waals surface area contributed by atoms with Gasteiger partial charge >= 0.3 is 0 Å². The Morgan fingerprint density at radius 1 is 1.12 bits per heavy atom. The van der Waals surface area contributed by atoms with E-state index >= 15 is 0 Å². The molecule has 2 rings (SSSR count). The zero-order valence-electron chi connectivity index (χ0n) is 9.14. The molecule has 0 aliphatic carbocycles. The molecule has 0 aromatic heterocycles. The lowest BCUT2D eigenvalue weighted by atomic mass is 9.93. The van der Waals surface area contributed by atoms with Crippen LogP contribution in [0.4, 0.5) is 0 Å². The van der Waals surface area contributed by atoms with Crippen LogP contribution in [0.5, 0.6) is 0 Å². The zero-order chi connectivity index (χ0) is 11.4. The maximum atomic E-state index is 8.73. The van der Waals surface area contributed by atoms with Gasteiger partial charge in [0.15, 0.2) is 0 Å². The minimum absolute atomic E-state index is 0.314. The van der Waals surface area contributed by atoms with Gasteiger partial charge in [-0.05, 0) is 29.3 Å². The molecule has 0 aliphatic rings. The Hall–Kier alpha value is -2.07. The maximum absolute atomic E-state index is 8.73. The summed E-state index contributed by atoms with van der Waals surface area (Å²) in [5.74, 6) is 0.314. The molecule has 77 valence electrons. The summed E-state index contributed by atoms with van der Waals surface area (Å²) in [5, 5.41) is 8.73. The van der Waals surface area contributed by atoms with E-state index in [0.29, 0.717) is 11.5 Å². The van der Waals surface area contributed by atoms with Crippen LogP contribution in [0.15, 0.2) is 48.5 Å². The lowest BCUT2D eigenvalue weighted by Crippen LogP contribution is -1.95. The van der Waals surface area contributed by atoms with Gasteiger partial charge in [0.25, 0.3) is 0 Å². The second-order valence-corrected chi connectivity index (χ2v) is 3.77. The van der Waals surface area contributed by atoms with Gasteiger partial charge in [-0.1, -0.05) is 43.3 Å². The van der Waals surface area contributed by atoms with Crippen LogP contribution in [0.1, 0.15) is 29.5 Å². The first-order chi connectivity index (χ1) is 7.81. The van der Waals surface area contributed by atoms with E-state index in [1.165, 1.54) is 11.1 Å². The van der Waals surface area contributed by atoms with Crippen LogP contribution in [0.3, 0.4) is 0 Å². The molecule has 2 aromatic rings. The van der Waals surface area contributed by atoms with Gasteiger partial charge in [-0.3, -0.25) is 0 Å². The van der Waals surface area contributed by atoms with Crippen molar-refractivity contribution in [3.05, 3.63) is 71.3 Å². The molecule has 1 radical (unpaired) electrons. The van der Waals surface area contributed by atoms with E-state index < -0.39 is 0 Å². The van der Waals surface area contributed by atoms with E-state index in [9.17, 15) is 0 Å². The molecule has 0 fully saturated rings. The van der Waals surface area contributed by atoms with Gasteiger partial charge in [0, 0.05) is 5.92 Å². The molecule has 0 bridgehead atoms. The summed E-state index contributed by atoms with van der Waals surface area (Å²) in [7, 11) is 0. The van der Waals surface area contributed by atoms with Crippen molar-refractivity contribution in [2.24, 2.45) is 0 Å². The van der Waals surface area contributed by atoms with Crippen molar-refractivity contribution in [1.29, 1.82) is 5.26 Å². The molecule has 0 saturated carbocycles. The van der Waals surface area contributed by atoms with Crippen LogP contribution >= 0.6 is 0 Å². The van der Waals surface area contributed by atoms with Gasteiger partial charge in [-0.15, -0.1) is 0 Å². The number of rotatable bonds is 2. The van der Waals surface area contributed by atoms with Crippen molar-refractivity contribution < 1.29 is 0 Å². The molecule has 0 aliphatic heterocycles. The van der Waals surface area contributed by atoms with Crippen LogP contribution in [-0.2, 0) is 0 Å². The third-order valence-electron chi connectivity index (χ3n) is 2.74. The fraction of sp³-hybridized carbons (Fsp3) is 0.133. The zero-order valence-corrected chi connectivity index (χ0v) is 9.14. The van der Waals surface area contributed by atoms with Gasteiger partial charge in [0.1, 0.15) is 0 Å². The third-order valence-corrected chi connectivity index (χ3v) is 2.74. The summed E-state index contributed by atoms with van der Waals surface area (Å²) in [6, 6.07) is 21.1. The molecule has 1 nitrogen and oxygen atoms in total. The largest absolute Gasteiger partial charge is 0.192 e. The Morgan fingerprint density at radius 3 is 2.44 bits per heavy atom. The number of nitrogens with zero attached hydrogens (tertiary/aromatic N) is 1. The summed E-state index contributed by atoms with van der Waals surface area (Å²) in [6.07, 6.45) is 0. The molecule has 0 spiro atoms. The predicted octanol–water partition coefficient (Wildman–Crippen LogP) is 3.51. The van der Waals surface area contributed by atoms with Gasteiger partial charge in [0.2, 0.25) is 0 Å². The van der Waals surface area contributed by atoms with Crippen molar-refractivity contribution in [2.45, 2.75) is 12.8 Å². The average Bonchev–Trinajstić information content (AvgIpc) is 2.39. The van der Waals surface area contributed by atoms with Gasteiger partial charge in [-0.2, -0.15) is 5.26 Å². The second-order valence-electron chi connectivity index (χ2n) is 3.77. The molecular formula is C15H12N. The number of hydrogen-bond donors (Lipinski definition) is 0. The summed E-state index contributed by atoms with van der Waals surface area (Å²) >= 11 is 0. The highest BCUT2D eigenvalue weighted by atomic mass is 14.2. The molecule has 0 N–H and O–H groups in total. The normalized spacial score (nSPS) is 11.8. The van der Waals surface area contributed by atoms with E-state index in [1.54, 1.807) is 0 Å². The van der Waals surface area contributed by atoms with Crippen molar-refractivity contribution in [2.75, 3.05) is 0 Å². The highest BCUT2D eigenvalue weighted by Gasteiger charge is 2.07. The number of hydrogen-bond acceptors (Lipinski definition) is 1. The predicted molar refractivity (Wildman–Crippen MR) is 64.0 cm³/mol. The molecule has 0 amide bonds. The quantitative estimate of drug-likeness (QED) is 0.737. The van der Waals surface area contributed by atoms with Gasteiger partial charge < -0.3 is 0 Å². The lowest BCUT2D eigenvalue weighted by molar-refractivity contribution is 0.920. The van der Waals surface area contributed by atoms with Crippen molar-refractivity contribution in [3.8, 4) is 6.07 Å². The SMILES string of the molecule is CC(c1[c]cccc1)c1ccc(C#N)cc1. The van der Waals surface area contributed by atoms with Crippen LogP contribution in [0, 0.1) is 17.4 Å². The first-order valence-electron chi connectivity index (χ1n) is 5.28. The second kappa shape index (κ2) is 4.63. The molecule has 1 atom stereocenters. The van der Waals surface area contributed by atoms with Crippen LogP contribution in [0.2, 0.25) is 0 Å². The van der Waals surface area contributed by atoms with Gasteiger partial charge in [-0.25, -0.2) is 0 Å². The Morgan fingerprint density at radius 2 is 1.88 bits per heavy atom. The smallest absolute Gasteiger partial charge is 0.0991 e. The molecular weight excluding hydrogens is 194 g/mol. The summed E-state index contributed by atoms with van der Waals surface area (Å²) in [6.45, 7) is 2.15. The molecule has 2 aromatic carbocycles. The number of benzene rings is 2. The highest BCUT2D eigenvalue weighted by Crippen LogP contribution is 2.23. The van der Waals surface area contributed by atoms with Crippen molar-refractivity contribution in [1.82, 2.24) is 0 Å². The first-order valence-corrected chi connectivity index (χ1v) is 5.28. The monoisotopic (exact) mass is 206 g/mol.